The Hall–Kier alpha value is -2.56. The van der Waals surface area contributed by atoms with Crippen molar-refractivity contribution in [3.05, 3.63) is 36.5 Å². The molecule has 0 fully saturated rings. The standard InChI is InChI=1S/C12H9N3O2/c16-8-4-1-5-9(17)10(8)12-14-7-3-2-6-13-11(7)15-12/h1-6,16-17H,(H,13,14,15). The second-order valence-electron chi connectivity index (χ2n) is 3.63. The number of H-pyrrole nitrogens is 1. The molecule has 0 spiro atoms. The summed E-state index contributed by atoms with van der Waals surface area (Å²) < 4.78 is 0. The summed E-state index contributed by atoms with van der Waals surface area (Å²) >= 11 is 0. The number of imidazole rings is 1. The third kappa shape index (κ3) is 1.48. The third-order valence-electron chi connectivity index (χ3n) is 2.51. The number of hydrogen-bond acceptors (Lipinski definition) is 4. The second-order valence-corrected chi connectivity index (χ2v) is 3.63. The number of aromatic hydroxyl groups is 2. The molecule has 2 aromatic heterocycles. The van der Waals surface area contributed by atoms with Crippen LogP contribution in [0.15, 0.2) is 36.5 Å². The summed E-state index contributed by atoms with van der Waals surface area (Å²) in [4.78, 5) is 11.3. The predicted molar refractivity (Wildman–Crippen MR) is 62.7 cm³/mol. The van der Waals surface area contributed by atoms with E-state index in [0.717, 1.165) is 5.52 Å². The zero-order valence-corrected chi connectivity index (χ0v) is 8.75. The third-order valence-corrected chi connectivity index (χ3v) is 2.51. The van der Waals surface area contributed by atoms with Gasteiger partial charge in [-0.15, -0.1) is 0 Å². The van der Waals surface area contributed by atoms with Crippen LogP contribution >= 0.6 is 0 Å². The first-order chi connectivity index (χ1) is 8.25. The zero-order chi connectivity index (χ0) is 11.8. The maximum Gasteiger partial charge on any atom is 0.178 e. The molecule has 0 unspecified atom stereocenters. The van der Waals surface area contributed by atoms with Gasteiger partial charge in [0.1, 0.15) is 22.9 Å². The number of aromatic amines is 1. The Labute approximate surface area is 96.4 Å². The van der Waals surface area contributed by atoms with Crippen LogP contribution in [-0.2, 0) is 0 Å². The highest BCUT2D eigenvalue weighted by Crippen LogP contribution is 2.35. The fraction of sp³-hybridized carbons (Fsp3) is 0. The maximum absolute atomic E-state index is 9.73. The van der Waals surface area contributed by atoms with Gasteiger partial charge < -0.3 is 15.2 Å². The highest BCUT2D eigenvalue weighted by atomic mass is 16.3. The van der Waals surface area contributed by atoms with Crippen molar-refractivity contribution in [2.45, 2.75) is 0 Å². The number of aromatic nitrogens is 3. The molecule has 0 aliphatic rings. The Morgan fingerprint density at radius 3 is 2.47 bits per heavy atom. The highest BCUT2D eigenvalue weighted by molar-refractivity contribution is 5.79. The predicted octanol–water partition coefficient (Wildman–Crippen LogP) is 2.04. The summed E-state index contributed by atoms with van der Waals surface area (Å²) in [5, 5.41) is 19.5. The molecule has 1 aromatic carbocycles. The van der Waals surface area contributed by atoms with Gasteiger partial charge in [0.2, 0.25) is 0 Å². The molecule has 2 heterocycles. The lowest BCUT2D eigenvalue weighted by atomic mass is 10.1. The molecule has 0 atom stereocenters. The molecule has 17 heavy (non-hydrogen) atoms. The van der Waals surface area contributed by atoms with E-state index < -0.39 is 0 Å². The largest absolute Gasteiger partial charge is 0.507 e. The van der Waals surface area contributed by atoms with Crippen LogP contribution in [0, 0.1) is 0 Å². The van der Waals surface area contributed by atoms with Gasteiger partial charge in [-0.05, 0) is 24.3 Å². The minimum atomic E-state index is -0.0240. The van der Waals surface area contributed by atoms with Gasteiger partial charge in [0.15, 0.2) is 5.65 Å². The van der Waals surface area contributed by atoms with Gasteiger partial charge in [-0.1, -0.05) is 6.07 Å². The number of phenols is 2. The van der Waals surface area contributed by atoms with Gasteiger partial charge in [0, 0.05) is 6.20 Å². The van der Waals surface area contributed by atoms with Crippen molar-refractivity contribution in [1.82, 2.24) is 15.0 Å². The fourth-order valence-corrected chi connectivity index (χ4v) is 1.73. The van der Waals surface area contributed by atoms with Crippen molar-refractivity contribution >= 4 is 11.2 Å². The highest BCUT2D eigenvalue weighted by Gasteiger charge is 2.13. The van der Waals surface area contributed by atoms with Gasteiger partial charge >= 0.3 is 0 Å². The molecule has 0 amide bonds. The van der Waals surface area contributed by atoms with Crippen LogP contribution in [0.2, 0.25) is 0 Å². The summed E-state index contributed by atoms with van der Waals surface area (Å²) in [7, 11) is 0. The lowest BCUT2D eigenvalue weighted by Gasteiger charge is -2.02. The van der Waals surface area contributed by atoms with E-state index in [1.807, 2.05) is 6.07 Å². The number of nitrogens with zero attached hydrogens (tertiary/aromatic N) is 2. The Balaban J connectivity index is 2.27. The van der Waals surface area contributed by atoms with Crippen molar-refractivity contribution in [2.24, 2.45) is 0 Å². The van der Waals surface area contributed by atoms with Gasteiger partial charge in [-0.25, -0.2) is 9.97 Å². The van der Waals surface area contributed by atoms with Crippen LogP contribution in [0.3, 0.4) is 0 Å². The van der Waals surface area contributed by atoms with E-state index in [1.165, 1.54) is 12.1 Å². The molecule has 0 saturated heterocycles. The van der Waals surface area contributed by atoms with E-state index in [1.54, 1.807) is 18.3 Å². The average molecular weight is 227 g/mol. The molecular weight excluding hydrogens is 218 g/mol. The molecule has 84 valence electrons. The molecule has 3 rings (SSSR count). The Bertz CT molecular complexity index is 638. The summed E-state index contributed by atoms with van der Waals surface area (Å²) in [5.74, 6) is 0.349. The summed E-state index contributed by atoms with van der Waals surface area (Å²) in [6.45, 7) is 0. The Morgan fingerprint density at radius 2 is 1.76 bits per heavy atom. The van der Waals surface area contributed by atoms with Crippen LogP contribution in [-0.4, -0.2) is 25.2 Å². The molecule has 0 saturated carbocycles. The molecular formula is C12H9N3O2. The van der Waals surface area contributed by atoms with Gasteiger partial charge in [-0.3, -0.25) is 0 Å². The van der Waals surface area contributed by atoms with Gasteiger partial charge in [-0.2, -0.15) is 0 Å². The molecule has 3 N–H and O–H groups in total. The van der Waals surface area contributed by atoms with E-state index in [0.29, 0.717) is 11.5 Å². The van der Waals surface area contributed by atoms with E-state index in [9.17, 15) is 10.2 Å². The number of phenolic OH excluding ortho intramolecular Hbond substituents is 2. The van der Waals surface area contributed by atoms with Crippen LogP contribution < -0.4 is 0 Å². The summed E-state index contributed by atoms with van der Waals surface area (Å²) in [5.41, 5.74) is 1.58. The monoisotopic (exact) mass is 227 g/mol. The van der Waals surface area contributed by atoms with Crippen molar-refractivity contribution in [2.75, 3.05) is 0 Å². The summed E-state index contributed by atoms with van der Waals surface area (Å²) in [6, 6.07) is 8.17. The fourth-order valence-electron chi connectivity index (χ4n) is 1.73. The van der Waals surface area contributed by atoms with E-state index in [4.69, 9.17) is 0 Å². The first-order valence-corrected chi connectivity index (χ1v) is 5.08. The molecule has 5 nitrogen and oxygen atoms in total. The summed E-state index contributed by atoms with van der Waals surface area (Å²) in [6.07, 6.45) is 1.64. The van der Waals surface area contributed by atoms with Crippen molar-refractivity contribution in [3.8, 4) is 22.9 Å². The van der Waals surface area contributed by atoms with Crippen molar-refractivity contribution in [1.29, 1.82) is 0 Å². The number of rotatable bonds is 1. The SMILES string of the molecule is Oc1cccc(O)c1-c1nc2ncccc2[nH]1. The minimum Gasteiger partial charge on any atom is -0.507 e. The van der Waals surface area contributed by atoms with Gasteiger partial charge in [0.05, 0.1) is 5.52 Å². The molecule has 0 bridgehead atoms. The van der Waals surface area contributed by atoms with E-state index in [-0.39, 0.29) is 17.1 Å². The average Bonchev–Trinajstić information content (AvgIpc) is 2.71. The molecule has 0 aliphatic carbocycles. The van der Waals surface area contributed by atoms with Gasteiger partial charge in [0.25, 0.3) is 0 Å². The Kier molecular flexibility index (Phi) is 1.98. The van der Waals surface area contributed by atoms with E-state index >= 15 is 0 Å². The van der Waals surface area contributed by atoms with E-state index in [2.05, 4.69) is 15.0 Å². The first-order valence-electron chi connectivity index (χ1n) is 5.08. The van der Waals surface area contributed by atoms with Crippen molar-refractivity contribution in [3.63, 3.8) is 0 Å². The molecule has 5 heteroatoms. The number of fused-ring (bicyclic) bond motifs is 1. The van der Waals surface area contributed by atoms with Crippen LogP contribution in [0.4, 0.5) is 0 Å². The topological polar surface area (TPSA) is 82.0 Å². The molecule has 0 radical (unpaired) electrons. The number of pyridine rings is 1. The maximum atomic E-state index is 9.73. The number of benzene rings is 1. The lowest BCUT2D eigenvalue weighted by molar-refractivity contribution is 0.453. The van der Waals surface area contributed by atoms with Crippen LogP contribution in [0.1, 0.15) is 0 Å². The Morgan fingerprint density at radius 1 is 1.00 bits per heavy atom. The van der Waals surface area contributed by atoms with Crippen LogP contribution in [0.5, 0.6) is 11.5 Å². The smallest absolute Gasteiger partial charge is 0.178 e. The van der Waals surface area contributed by atoms with Crippen LogP contribution in [0.25, 0.3) is 22.6 Å². The quantitative estimate of drug-likeness (QED) is 0.594. The first kappa shape index (κ1) is 9.65. The zero-order valence-electron chi connectivity index (χ0n) is 8.75. The molecule has 0 aliphatic heterocycles. The molecule has 3 aromatic rings. The second kappa shape index (κ2) is 3.48. The number of hydrogen-bond donors (Lipinski definition) is 3. The normalized spacial score (nSPS) is 10.8. The lowest BCUT2D eigenvalue weighted by Crippen LogP contribution is -1.82. The van der Waals surface area contributed by atoms with Crippen molar-refractivity contribution < 1.29 is 10.2 Å². The minimum absolute atomic E-state index is 0.0240. The number of nitrogens with one attached hydrogen (secondary N) is 1.